The molecule has 0 atom stereocenters. The second kappa shape index (κ2) is 7.84. The Morgan fingerprint density at radius 3 is 2.58 bits per heavy atom. The van der Waals surface area contributed by atoms with Gasteiger partial charge in [0.1, 0.15) is 28.5 Å². The lowest BCUT2D eigenvalue weighted by Gasteiger charge is -2.01. The van der Waals surface area contributed by atoms with Gasteiger partial charge in [-0.15, -0.1) is 0 Å². The summed E-state index contributed by atoms with van der Waals surface area (Å²) in [6.45, 7) is 0. The van der Waals surface area contributed by atoms with Crippen molar-refractivity contribution in [3.05, 3.63) is 84.6 Å². The van der Waals surface area contributed by atoms with Crippen molar-refractivity contribution >= 4 is 23.0 Å². The molecule has 0 aliphatic heterocycles. The van der Waals surface area contributed by atoms with Crippen molar-refractivity contribution in [3.63, 3.8) is 0 Å². The van der Waals surface area contributed by atoms with Crippen molar-refractivity contribution in [2.45, 2.75) is 0 Å². The molecular weight excluding hydrogens is 392 g/mol. The maximum atomic E-state index is 10.3. The summed E-state index contributed by atoms with van der Waals surface area (Å²) in [5.74, 6) is 2.56. The smallest absolute Gasteiger partial charge is 0.231 e. The van der Waals surface area contributed by atoms with E-state index in [0.29, 0.717) is 28.5 Å². The predicted octanol–water partition coefficient (Wildman–Crippen LogP) is 6.22. The Hall–Kier alpha value is -4.32. The van der Waals surface area contributed by atoms with Crippen molar-refractivity contribution in [3.8, 4) is 34.3 Å². The molecule has 0 fully saturated rings. The Morgan fingerprint density at radius 2 is 1.77 bits per heavy atom. The molecule has 0 saturated heterocycles. The summed E-state index contributed by atoms with van der Waals surface area (Å²) < 4.78 is 16.8. The van der Waals surface area contributed by atoms with E-state index in [1.165, 1.54) is 0 Å². The highest BCUT2D eigenvalue weighted by Crippen LogP contribution is 2.34. The monoisotopic (exact) mass is 410 g/mol. The third kappa shape index (κ3) is 3.79. The van der Waals surface area contributed by atoms with E-state index in [9.17, 15) is 5.11 Å². The van der Waals surface area contributed by atoms with Crippen LogP contribution in [0.25, 0.3) is 33.9 Å². The highest BCUT2D eigenvalue weighted by atomic mass is 16.5. The highest BCUT2D eigenvalue weighted by Gasteiger charge is 2.13. The Morgan fingerprint density at radius 1 is 0.935 bits per heavy atom. The summed E-state index contributed by atoms with van der Waals surface area (Å²) in [7, 11) is 1.63. The molecule has 3 aromatic carbocycles. The number of rotatable bonds is 5. The van der Waals surface area contributed by atoms with Crippen molar-refractivity contribution in [1.29, 1.82) is 0 Å². The maximum absolute atomic E-state index is 10.3. The van der Waals surface area contributed by atoms with Gasteiger partial charge in [-0.05, 0) is 66.7 Å². The molecular formula is C25H18N2O4. The molecule has 2 heterocycles. The SMILES string of the molecule is COc1ccc(-c2ccc(C=Nc3ccc(O)c(-c4nc5ccccc5o4)c3)o2)cc1. The highest BCUT2D eigenvalue weighted by molar-refractivity contribution is 5.82. The van der Waals surface area contributed by atoms with Gasteiger partial charge in [-0.2, -0.15) is 0 Å². The summed E-state index contributed by atoms with van der Waals surface area (Å²) in [6.07, 6.45) is 1.63. The van der Waals surface area contributed by atoms with Gasteiger partial charge in [-0.1, -0.05) is 12.1 Å². The normalized spacial score (nSPS) is 11.4. The van der Waals surface area contributed by atoms with Gasteiger partial charge in [0.25, 0.3) is 0 Å². The fourth-order valence-corrected chi connectivity index (χ4v) is 3.23. The molecule has 5 rings (SSSR count). The number of oxazole rings is 1. The summed E-state index contributed by atoms with van der Waals surface area (Å²) in [5, 5.41) is 10.3. The van der Waals surface area contributed by atoms with E-state index < -0.39 is 0 Å². The molecule has 152 valence electrons. The molecule has 6 heteroatoms. The number of hydrogen-bond donors (Lipinski definition) is 1. The Balaban J connectivity index is 1.40. The fourth-order valence-electron chi connectivity index (χ4n) is 3.23. The number of ether oxygens (including phenoxy) is 1. The number of benzene rings is 3. The van der Waals surface area contributed by atoms with Crippen molar-refractivity contribution in [2.24, 2.45) is 4.99 Å². The number of aliphatic imine (C=N–C) groups is 1. The second-order valence-corrected chi connectivity index (χ2v) is 6.88. The Bertz CT molecular complexity index is 1350. The molecule has 31 heavy (non-hydrogen) atoms. The van der Waals surface area contributed by atoms with Crippen LogP contribution in [-0.4, -0.2) is 23.4 Å². The molecule has 2 aromatic heterocycles. The van der Waals surface area contributed by atoms with E-state index >= 15 is 0 Å². The first kappa shape index (κ1) is 18.7. The quantitative estimate of drug-likeness (QED) is 0.348. The van der Waals surface area contributed by atoms with E-state index in [1.54, 1.807) is 31.5 Å². The maximum Gasteiger partial charge on any atom is 0.231 e. The lowest BCUT2D eigenvalue weighted by atomic mass is 10.2. The number of para-hydroxylation sites is 2. The van der Waals surface area contributed by atoms with E-state index in [-0.39, 0.29) is 5.75 Å². The number of fused-ring (bicyclic) bond motifs is 1. The molecule has 6 nitrogen and oxygen atoms in total. The first-order valence-electron chi connectivity index (χ1n) is 9.67. The largest absolute Gasteiger partial charge is 0.507 e. The number of phenolic OH excluding ortho intramolecular Hbond substituents is 1. The number of nitrogens with zero attached hydrogens (tertiary/aromatic N) is 2. The number of furan rings is 1. The molecule has 0 bridgehead atoms. The van der Waals surface area contributed by atoms with E-state index in [2.05, 4.69) is 9.98 Å². The van der Waals surface area contributed by atoms with E-state index in [0.717, 1.165) is 22.6 Å². The van der Waals surface area contributed by atoms with Gasteiger partial charge in [-0.25, -0.2) is 4.98 Å². The molecule has 0 aliphatic rings. The zero-order valence-electron chi connectivity index (χ0n) is 16.6. The number of phenols is 1. The van der Waals surface area contributed by atoms with E-state index in [1.807, 2.05) is 60.7 Å². The molecule has 5 aromatic rings. The molecule has 1 N–H and O–H groups in total. The van der Waals surface area contributed by atoms with Gasteiger partial charge < -0.3 is 18.7 Å². The third-order valence-electron chi connectivity index (χ3n) is 4.85. The minimum Gasteiger partial charge on any atom is -0.507 e. The molecule has 0 unspecified atom stereocenters. The molecule has 0 radical (unpaired) electrons. The lowest BCUT2D eigenvalue weighted by Crippen LogP contribution is -1.81. The van der Waals surface area contributed by atoms with Gasteiger partial charge in [0, 0.05) is 5.56 Å². The van der Waals surface area contributed by atoms with Gasteiger partial charge in [0.2, 0.25) is 5.89 Å². The lowest BCUT2D eigenvalue weighted by molar-refractivity contribution is 0.415. The van der Waals surface area contributed by atoms with Gasteiger partial charge in [0.05, 0.1) is 24.6 Å². The van der Waals surface area contributed by atoms with Crippen LogP contribution in [0.1, 0.15) is 5.76 Å². The minimum atomic E-state index is 0.0743. The fraction of sp³-hybridized carbons (Fsp3) is 0.0400. The van der Waals surface area contributed by atoms with E-state index in [4.69, 9.17) is 13.6 Å². The topological polar surface area (TPSA) is 81.0 Å². The van der Waals surface area contributed by atoms with Crippen LogP contribution in [0.5, 0.6) is 11.5 Å². The molecule has 0 aliphatic carbocycles. The molecule has 0 amide bonds. The summed E-state index contributed by atoms with van der Waals surface area (Å²) >= 11 is 0. The van der Waals surface area contributed by atoms with Gasteiger partial charge >= 0.3 is 0 Å². The standard InChI is InChI=1S/C25H18N2O4/c1-29-18-9-6-16(7-10-18)23-13-11-19(30-23)15-26-17-8-12-22(28)20(14-17)25-27-21-4-2-3-5-24(21)31-25/h2-15,28H,1H3. The third-order valence-corrected chi connectivity index (χ3v) is 4.85. The minimum absolute atomic E-state index is 0.0743. The summed E-state index contributed by atoms with van der Waals surface area (Å²) in [6, 6.07) is 23.9. The Labute approximate surface area is 178 Å². The zero-order chi connectivity index (χ0) is 21.2. The van der Waals surface area contributed by atoms with Crippen LogP contribution >= 0.6 is 0 Å². The molecule has 0 spiro atoms. The van der Waals surface area contributed by atoms with Crippen LogP contribution in [0.3, 0.4) is 0 Å². The number of aromatic hydroxyl groups is 1. The first-order chi connectivity index (χ1) is 15.2. The van der Waals surface area contributed by atoms with Gasteiger partial charge in [-0.3, -0.25) is 4.99 Å². The van der Waals surface area contributed by atoms with Crippen LogP contribution in [0.2, 0.25) is 0 Å². The zero-order valence-corrected chi connectivity index (χ0v) is 16.6. The van der Waals surface area contributed by atoms with Gasteiger partial charge in [0.15, 0.2) is 5.58 Å². The van der Waals surface area contributed by atoms with Crippen molar-refractivity contribution < 1.29 is 18.7 Å². The number of methoxy groups -OCH3 is 1. The van der Waals surface area contributed by atoms with Crippen molar-refractivity contribution in [1.82, 2.24) is 4.98 Å². The number of hydrogen-bond acceptors (Lipinski definition) is 6. The second-order valence-electron chi connectivity index (χ2n) is 6.88. The van der Waals surface area contributed by atoms with Crippen LogP contribution < -0.4 is 4.74 Å². The van der Waals surface area contributed by atoms with Crippen molar-refractivity contribution in [2.75, 3.05) is 7.11 Å². The summed E-state index contributed by atoms with van der Waals surface area (Å²) in [4.78, 5) is 8.92. The Kier molecular flexibility index (Phi) is 4.72. The predicted molar refractivity (Wildman–Crippen MR) is 119 cm³/mol. The molecule has 0 saturated carbocycles. The summed E-state index contributed by atoms with van der Waals surface area (Å²) in [5.41, 5.74) is 3.45. The average Bonchev–Trinajstić information content (AvgIpc) is 3.46. The number of aromatic nitrogens is 1. The van der Waals surface area contributed by atoms with Crippen LogP contribution in [0, 0.1) is 0 Å². The average molecular weight is 410 g/mol. The first-order valence-corrected chi connectivity index (χ1v) is 9.67. The van der Waals surface area contributed by atoms with Crippen LogP contribution in [0.15, 0.2) is 92.7 Å². The van der Waals surface area contributed by atoms with Crippen LogP contribution in [-0.2, 0) is 0 Å². The van der Waals surface area contributed by atoms with Crippen LogP contribution in [0.4, 0.5) is 5.69 Å².